The molecule has 1 amide bonds. The van der Waals surface area contributed by atoms with Crippen LogP contribution in [-0.4, -0.2) is 29.7 Å². The first-order valence-electron chi connectivity index (χ1n) is 6.00. The van der Waals surface area contributed by atoms with E-state index in [1.165, 1.54) is 5.57 Å². The standard InChI is InChI=1S/C13H21NO2/c1-9-5-10-7-14(8-11(10)6-9)12(15)16-13(2,3)4/h5,10-11H,6-8H2,1-4H3. The van der Waals surface area contributed by atoms with Crippen LogP contribution in [0.5, 0.6) is 0 Å². The van der Waals surface area contributed by atoms with Crippen LogP contribution in [0.15, 0.2) is 11.6 Å². The third-order valence-electron chi connectivity index (χ3n) is 3.23. The number of amides is 1. The molecule has 3 heteroatoms. The maximum absolute atomic E-state index is 11.9. The van der Waals surface area contributed by atoms with Crippen molar-refractivity contribution in [3.8, 4) is 0 Å². The lowest BCUT2D eigenvalue weighted by atomic mass is 10.00. The van der Waals surface area contributed by atoms with Crippen LogP contribution < -0.4 is 0 Å². The van der Waals surface area contributed by atoms with E-state index in [0.29, 0.717) is 11.8 Å². The number of nitrogens with zero attached hydrogens (tertiary/aromatic N) is 1. The van der Waals surface area contributed by atoms with Crippen LogP contribution >= 0.6 is 0 Å². The summed E-state index contributed by atoms with van der Waals surface area (Å²) < 4.78 is 5.38. The molecule has 0 aromatic carbocycles. The van der Waals surface area contributed by atoms with Crippen LogP contribution in [-0.2, 0) is 4.74 Å². The molecule has 3 nitrogen and oxygen atoms in total. The summed E-state index contributed by atoms with van der Waals surface area (Å²) in [5, 5.41) is 0. The molecule has 0 spiro atoms. The van der Waals surface area contributed by atoms with Crippen molar-refractivity contribution in [2.24, 2.45) is 11.8 Å². The number of allylic oxidation sites excluding steroid dienone is 1. The lowest BCUT2D eigenvalue weighted by molar-refractivity contribution is 0.0285. The van der Waals surface area contributed by atoms with E-state index in [1.807, 2.05) is 25.7 Å². The Morgan fingerprint density at radius 1 is 1.44 bits per heavy atom. The number of hydrogen-bond acceptors (Lipinski definition) is 2. The van der Waals surface area contributed by atoms with Crippen LogP contribution in [0.3, 0.4) is 0 Å². The molecule has 2 unspecified atom stereocenters. The van der Waals surface area contributed by atoms with Gasteiger partial charge >= 0.3 is 6.09 Å². The van der Waals surface area contributed by atoms with E-state index in [-0.39, 0.29) is 11.7 Å². The van der Waals surface area contributed by atoms with Crippen LogP contribution in [0, 0.1) is 11.8 Å². The Balaban J connectivity index is 1.93. The fourth-order valence-corrected chi connectivity index (χ4v) is 2.62. The predicted molar refractivity (Wildman–Crippen MR) is 63.2 cm³/mol. The first-order chi connectivity index (χ1) is 7.35. The van der Waals surface area contributed by atoms with Crippen molar-refractivity contribution in [1.82, 2.24) is 4.90 Å². The van der Waals surface area contributed by atoms with E-state index in [9.17, 15) is 4.79 Å². The summed E-state index contributed by atoms with van der Waals surface area (Å²) in [5.41, 5.74) is 1.08. The van der Waals surface area contributed by atoms with Crippen molar-refractivity contribution < 1.29 is 9.53 Å². The molecule has 1 aliphatic carbocycles. The third-order valence-corrected chi connectivity index (χ3v) is 3.23. The molecule has 1 fully saturated rings. The molecule has 2 aliphatic rings. The third kappa shape index (κ3) is 2.39. The predicted octanol–water partition coefficient (Wildman–Crippen LogP) is 2.82. The van der Waals surface area contributed by atoms with Gasteiger partial charge in [-0.25, -0.2) is 4.79 Å². The molecule has 90 valence electrons. The van der Waals surface area contributed by atoms with Crippen LogP contribution in [0.4, 0.5) is 4.79 Å². The first-order valence-corrected chi connectivity index (χ1v) is 6.00. The maximum atomic E-state index is 11.9. The van der Waals surface area contributed by atoms with Gasteiger partial charge in [0.05, 0.1) is 0 Å². The zero-order chi connectivity index (χ0) is 11.9. The highest BCUT2D eigenvalue weighted by Crippen LogP contribution is 2.36. The molecule has 2 rings (SSSR count). The Morgan fingerprint density at radius 3 is 2.69 bits per heavy atom. The van der Waals surface area contributed by atoms with Crippen molar-refractivity contribution in [2.75, 3.05) is 13.1 Å². The lowest BCUT2D eigenvalue weighted by Crippen LogP contribution is -2.35. The monoisotopic (exact) mass is 223 g/mol. The zero-order valence-electron chi connectivity index (χ0n) is 10.6. The molecule has 2 atom stereocenters. The second-order valence-electron chi connectivity index (χ2n) is 6.03. The van der Waals surface area contributed by atoms with Gasteiger partial charge < -0.3 is 9.64 Å². The molecule has 1 heterocycles. The lowest BCUT2D eigenvalue weighted by Gasteiger charge is -2.24. The number of carbonyl (C=O) groups excluding carboxylic acids is 1. The van der Waals surface area contributed by atoms with E-state index in [4.69, 9.17) is 4.74 Å². The Kier molecular flexibility index (Phi) is 2.72. The van der Waals surface area contributed by atoms with Crippen molar-refractivity contribution in [2.45, 2.75) is 39.7 Å². The normalized spacial score (nSPS) is 29.0. The van der Waals surface area contributed by atoms with Gasteiger partial charge in [-0.3, -0.25) is 0 Å². The van der Waals surface area contributed by atoms with E-state index in [2.05, 4.69) is 13.0 Å². The van der Waals surface area contributed by atoms with Gasteiger partial charge in [-0.05, 0) is 46.0 Å². The van der Waals surface area contributed by atoms with Gasteiger partial charge in [-0.2, -0.15) is 0 Å². The summed E-state index contributed by atoms with van der Waals surface area (Å²) in [6.07, 6.45) is 3.30. The summed E-state index contributed by atoms with van der Waals surface area (Å²) in [5.74, 6) is 1.19. The summed E-state index contributed by atoms with van der Waals surface area (Å²) in [6, 6.07) is 0. The zero-order valence-corrected chi connectivity index (χ0v) is 10.6. The van der Waals surface area contributed by atoms with Gasteiger partial charge in [0.25, 0.3) is 0 Å². The van der Waals surface area contributed by atoms with Gasteiger partial charge in [0.2, 0.25) is 0 Å². The van der Waals surface area contributed by atoms with Gasteiger partial charge in [0.1, 0.15) is 5.60 Å². The average molecular weight is 223 g/mol. The minimum atomic E-state index is -0.388. The van der Waals surface area contributed by atoms with Crippen molar-refractivity contribution in [1.29, 1.82) is 0 Å². The Morgan fingerprint density at radius 2 is 2.12 bits per heavy atom. The molecule has 0 saturated carbocycles. The molecule has 0 bridgehead atoms. The Hall–Kier alpha value is -0.990. The van der Waals surface area contributed by atoms with E-state index >= 15 is 0 Å². The summed E-state index contributed by atoms with van der Waals surface area (Å²) in [7, 11) is 0. The number of likely N-dealkylation sites (tertiary alicyclic amines) is 1. The highest BCUT2D eigenvalue weighted by Gasteiger charge is 2.38. The van der Waals surface area contributed by atoms with Crippen molar-refractivity contribution in [3.05, 3.63) is 11.6 Å². The minimum absolute atomic E-state index is 0.159. The number of rotatable bonds is 0. The van der Waals surface area contributed by atoms with Crippen molar-refractivity contribution >= 4 is 6.09 Å². The summed E-state index contributed by atoms with van der Waals surface area (Å²) >= 11 is 0. The number of fused-ring (bicyclic) bond motifs is 1. The smallest absolute Gasteiger partial charge is 0.410 e. The maximum Gasteiger partial charge on any atom is 0.410 e. The fraction of sp³-hybridized carbons (Fsp3) is 0.769. The van der Waals surface area contributed by atoms with Gasteiger partial charge in [-0.15, -0.1) is 0 Å². The van der Waals surface area contributed by atoms with E-state index in [0.717, 1.165) is 19.5 Å². The number of hydrogen-bond donors (Lipinski definition) is 0. The van der Waals surface area contributed by atoms with Gasteiger partial charge in [-0.1, -0.05) is 11.6 Å². The van der Waals surface area contributed by atoms with Gasteiger partial charge in [0, 0.05) is 13.1 Å². The highest BCUT2D eigenvalue weighted by atomic mass is 16.6. The quantitative estimate of drug-likeness (QED) is 0.591. The van der Waals surface area contributed by atoms with E-state index < -0.39 is 0 Å². The largest absolute Gasteiger partial charge is 0.444 e. The number of ether oxygens (including phenoxy) is 1. The van der Waals surface area contributed by atoms with Gasteiger partial charge in [0.15, 0.2) is 0 Å². The second-order valence-corrected chi connectivity index (χ2v) is 6.03. The molecule has 0 N–H and O–H groups in total. The molecule has 0 aromatic rings. The van der Waals surface area contributed by atoms with Crippen LogP contribution in [0.1, 0.15) is 34.1 Å². The second kappa shape index (κ2) is 3.79. The molecular weight excluding hydrogens is 202 g/mol. The van der Waals surface area contributed by atoms with Crippen molar-refractivity contribution in [3.63, 3.8) is 0 Å². The molecule has 1 aliphatic heterocycles. The SMILES string of the molecule is CC1=CC2CN(C(=O)OC(C)(C)C)CC2C1. The van der Waals surface area contributed by atoms with E-state index in [1.54, 1.807) is 0 Å². The summed E-state index contributed by atoms with van der Waals surface area (Å²) in [6.45, 7) is 9.59. The summed E-state index contributed by atoms with van der Waals surface area (Å²) in [4.78, 5) is 13.7. The number of carbonyl (C=O) groups is 1. The van der Waals surface area contributed by atoms with Crippen LogP contribution in [0.25, 0.3) is 0 Å². The van der Waals surface area contributed by atoms with Crippen LogP contribution in [0.2, 0.25) is 0 Å². The molecular formula is C13H21NO2. The first kappa shape index (κ1) is 11.5. The Labute approximate surface area is 97.5 Å². The topological polar surface area (TPSA) is 29.5 Å². The fourth-order valence-electron chi connectivity index (χ4n) is 2.62. The molecule has 0 aromatic heterocycles. The minimum Gasteiger partial charge on any atom is -0.444 e. The average Bonchev–Trinajstić information content (AvgIpc) is 2.56. The molecule has 1 saturated heterocycles. The molecule has 0 radical (unpaired) electrons. The Bertz CT molecular complexity index is 327. The molecule has 16 heavy (non-hydrogen) atoms. The highest BCUT2D eigenvalue weighted by molar-refractivity contribution is 5.68.